The molecule has 7 nitrogen and oxygen atoms in total. The number of carbonyl (C=O) groups is 4. The van der Waals surface area contributed by atoms with Crippen molar-refractivity contribution in [3.63, 3.8) is 0 Å². The number of Topliss-reactive ketones (excluding diaryl/α,β-unsaturated/α-hetero) is 1. The van der Waals surface area contributed by atoms with Gasteiger partial charge in [0.05, 0.1) is 6.04 Å². The number of likely N-dealkylation sites (tertiary alicyclic amines) is 1. The largest absolute Gasteiger partial charge is 0.347 e. The molecule has 0 spiro atoms. The van der Waals surface area contributed by atoms with Gasteiger partial charge in [0.2, 0.25) is 17.6 Å². The Bertz CT molecular complexity index is 742. The van der Waals surface area contributed by atoms with Crippen LogP contribution in [0.25, 0.3) is 0 Å². The Morgan fingerprint density at radius 2 is 1.64 bits per heavy atom. The maximum atomic E-state index is 13.5. The summed E-state index contributed by atoms with van der Waals surface area (Å²) in [5.74, 6) is -1.14. The highest BCUT2D eigenvalue weighted by atomic mass is 16.2. The van der Waals surface area contributed by atoms with Crippen molar-refractivity contribution in [2.45, 2.75) is 106 Å². The SMILES string of the molecule is CCC[C@H](NC(=O)[C@@H]1[C@H]2CCC[C@H]2CN1C(=O)[C@@H](C)C(C)(C)C)C(=O)C(=O)N[C@@H](C)C(C)C. The summed E-state index contributed by atoms with van der Waals surface area (Å²) in [6.07, 6.45) is 4.04. The van der Waals surface area contributed by atoms with Crippen molar-refractivity contribution in [2.24, 2.45) is 29.1 Å². The highest BCUT2D eigenvalue weighted by Gasteiger charge is 2.51. The van der Waals surface area contributed by atoms with Gasteiger partial charge in [0.1, 0.15) is 6.04 Å². The average Bonchev–Trinajstić information content (AvgIpc) is 3.31. The van der Waals surface area contributed by atoms with Crippen LogP contribution in [-0.2, 0) is 19.2 Å². The van der Waals surface area contributed by atoms with Crippen LogP contribution in [0.15, 0.2) is 0 Å². The Morgan fingerprint density at radius 1 is 1.00 bits per heavy atom. The van der Waals surface area contributed by atoms with Crippen LogP contribution in [0.2, 0.25) is 0 Å². The molecular formula is C26H45N3O4. The van der Waals surface area contributed by atoms with Crippen LogP contribution in [-0.4, -0.2) is 53.1 Å². The van der Waals surface area contributed by atoms with Crippen molar-refractivity contribution in [1.82, 2.24) is 15.5 Å². The smallest absolute Gasteiger partial charge is 0.289 e. The molecular weight excluding hydrogens is 418 g/mol. The molecule has 0 radical (unpaired) electrons. The summed E-state index contributed by atoms with van der Waals surface area (Å²) in [5.41, 5.74) is -0.207. The highest BCUT2D eigenvalue weighted by Crippen LogP contribution is 2.43. The number of rotatable bonds is 9. The molecule has 0 bridgehead atoms. The van der Waals surface area contributed by atoms with Gasteiger partial charge >= 0.3 is 0 Å². The third-order valence-corrected chi connectivity index (χ3v) is 7.90. The lowest BCUT2D eigenvalue weighted by atomic mass is 9.81. The Labute approximate surface area is 199 Å². The summed E-state index contributed by atoms with van der Waals surface area (Å²) >= 11 is 0. The maximum absolute atomic E-state index is 13.5. The number of carbonyl (C=O) groups excluding carboxylic acids is 4. The second-order valence-corrected chi connectivity index (χ2v) is 11.6. The zero-order chi connectivity index (χ0) is 25.1. The van der Waals surface area contributed by atoms with Crippen molar-refractivity contribution in [3.05, 3.63) is 0 Å². The quantitative estimate of drug-likeness (QED) is 0.513. The van der Waals surface area contributed by atoms with E-state index >= 15 is 0 Å². The van der Waals surface area contributed by atoms with E-state index in [-0.39, 0.29) is 41.0 Å². The van der Waals surface area contributed by atoms with E-state index in [1.165, 1.54) is 0 Å². The summed E-state index contributed by atoms with van der Waals surface area (Å²) in [5, 5.41) is 5.63. The van der Waals surface area contributed by atoms with E-state index in [9.17, 15) is 19.2 Å². The van der Waals surface area contributed by atoms with Gasteiger partial charge in [-0.3, -0.25) is 19.2 Å². The fourth-order valence-corrected chi connectivity index (χ4v) is 4.90. The van der Waals surface area contributed by atoms with Gasteiger partial charge in [-0.15, -0.1) is 0 Å². The number of amides is 3. The van der Waals surface area contributed by atoms with E-state index < -0.39 is 23.8 Å². The third-order valence-electron chi connectivity index (χ3n) is 7.90. The zero-order valence-corrected chi connectivity index (χ0v) is 21.9. The molecule has 6 atom stereocenters. The summed E-state index contributed by atoms with van der Waals surface area (Å²) in [6.45, 7) is 16.4. The van der Waals surface area contributed by atoms with E-state index in [0.29, 0.717) is 25.3 Å². The topological polar surface area (TPSA) is 95.6 Å². The number of nitrogens with one attached hydrogen (secondary N) is 2. The molecule has 1 aliphatic heterocycles. The fraction of sp³-hybridized carbons (Fsp3) is 0.846. The molecule has 188 valence electrons. The molecule has 2 aliphatic rings. The van der Waals surface area contributed by atoms with Gasteiger partial charge in [-0.05, 0) is 49.4 Å². The lowest BCUT2D eigenvalue weighted by Crippen LogP contribution is -2.56. The van der Waals surface area contributed by atoms with E-state index in [1.807, 2.05) is 55.4 Å². The van der Waals surface area contributed by atoms with Crippen molar-refractivity contribution in [1.29, 1.82) is 0 Å². The molecule has 2 fully saturated rings. The van der Waals surface area contributed by atoms with Gasteiger partial charge in [-0.2, -0.15) is 0 Å². The summed E-state index contributed by atoms with van der Waals surface area (Å²) in [4.78, 5) is 54.2. The third kappa shape index (κ3) is 6.36. The minimum Gasteiger partial charge on any atom is -0.347 e. The predicted molar refractivity (Wildman–Crippen MR) is 129 cm³/mol. The molecule has 2 rings (SSSR count). The van der Waals surface area contributed by atoms with Crippen LogP contribution in [0, 0.1) is 29.1 Å². The molecule has 2 N–H and O–H groups in total. The molecule has 1 aliphatic carbocycles. The molecule has 33 heavy (non-hydrogen) atoms. The molecule has 0 aromatic heterocycles. The van der Waals surface area contributed by atoms with Crippen molar-refractivity contribution < 1.29 is 19.2 Å². The lowest BCUT2D eigenvalue weighted by molar-refractivity contribution is -0.146. The summed E-state index contributed by atoms with van der Waals surface area (Å²) in [7, 11) is 0. The first-order valence-electron chi connectivity index (χ1n) is 12.7. The van der Waals surface area contributed by atoms with E-state index in [1.54, 1.807) is 4.90 Å². The predicted octanol–water partition coefficient (Wildman–Crippen LogP) is 3.31. The van der Waals surface area contributed by atoms with Gasteiger partial charge in [-0.1, -0.05) is 61.3 Å². The number of hydrogen-bond donors (Lipinski definition) is 2. The molecule has 1 saturated carbocycles. The first-order valence-corrected chi connectivity index (χ1v) is 12.7. The second kappa shape index (κ2) is 11.0. The van der Waals surface area contributed by atoms with Gasteiger partial charge in [0, 0.05) is 18.5 Å². The van der Waals surface area contributed by atoms with Crippen LogP contribution >= 0.6 is 0 Å². The Kier molecular flexibility index (Phi) is 9.11. The minimum absolute atomic E-state index is 0.00100. The van der Waals surface area contributed by atoms with Crippen molar-refractivity contribution in [3.8, 4) is 0 Å². The second-order valence-electron chi connectivity index (χ2n) is 11.6. The molecule has 3 amide bonds. The van der Waals surface area contributed by atoms with Crippen LogP contribution in [0.4, 0.5) is 0 Å². The van der Waals surface area contributed by atoms with Crippen LogP contribution in [0.1, 0.15) is 87.5 Å². The number of nitrogens with zero attached hydrogens (tertiary/aromatic N) is 1. The Hall–Kier alpha value is -1.92. The van der Waals surface area contributed by atoms with Crippen molar-refractivity contribution in [2.75, 3.05) is 6.54 Å². The molecule has 7 heteroatoms. The number of fused-ring (bicyclic) bond motifs is 1. The van der Waals surface area contributed by atoms with E-state index in [4.69, 9.17) is 0 Å². The number of hydrogen-bond acceptors (Lipinski definition) is 4. The lowest BCUT2D eigenvalue weighted by Gasteiger charge is -2.34. The normalized spacial score (nSPS) is 25.4. The Balaban J connectivity index is 2.20. The molecule has 0 unspecified atom stereocenters. The van der Waals surface area contributed by atoms with Gasteiger partial charge < -0.3 is 15.5 Å². The van der Waals surface area contributed by atoms with Crippen molar-refractivity contribution >= 4 is 23.5 Å². The monoisotopic (exact) mass is 463 g/mol. The van der Waals surface area contributed by atoms with E-state index in [2.05, 4.69) is 10.6 Å². The number of ketones is 1. The molecule has 1 heterocycles. The zero-order valence-electron chi connectivity index (χ0n) is 21.9. The minimum atomic E-state index is -0.876. The Morgan fingerprint density at radius 3 is 2.18 bits per heavy atom. The molecule has 0 aromatic rings. The van der Waals surface area contributed by atoms with Gasteiger partial charge in [0.25, 0.3) is 5.91 Å². The van der Waals surface area contributed by atoms with Crippen LogP contribution < -0.4 is 10.6 Å². The standard InChI is InChI=1S/C26H45N3O4/c1-9-11-20(22(30)24(32)27-17(5)15(2)3)28-23(31)21-19-13-10-12-18(19)14-29(21)25(33)16(4)26(6,7)8/h15-21H,9-14H2,1-8H3,(H,27,32)(H,28,31)/t16-,17+,18+,19+,20+,21+/m1/s1. The van der Waals surface area contributed by atoms with Gasteiger partial charge in [-0.25, -0.2) is 0 Å². The van der Waals surface area contributed by atoms with E-state index in [0.717, 1.165) is 19.3 Å². The van der Waals surface area contributed by atoms with Crippen LogP contribution in [0.5, 0.6) is 0 Å². The van der Waals surface area contributed by atoms with Gasteiger partial charge in [0.15, 0.2) is 0 Å². The molecule has 0 aromatic carbocycles. The first-order chi connectivity index (χ1) is 15.3. The fourth-order valence-electron chi connectivity index (χ4n) is 4.90. The average molecular weight is 464 g/mol. The summed E-state index contributed by atoms with van der Waals surface area (Å²) < 4.78 is 0. The molecule has 1 saturated heterocycles. The highest BCUT2D eigenvalue weighted by molar-refractivity contribution is 6.38. The first kappa shape index (κ1) is 27.3. The summed E-state index contributed by atoms with van der Waals surface area (Å²) in [6, 6.07) is -1.58. The van der Waals surface area contributed by atoms with Crippen LogP contribution in [0.3, 0.4) is 0 Å². The maximum Gasteiger partial charge on any atom is 0.289 e.